The molecule has 3 fully saturated rings. The number of methoxy groups -OCH3 is 1. The molecular formula is C37H45N5O9S2. The van der Waals surface area contributed by atoms with Crippen LogP contribution in [0.4, 0.5) is 0 Å². The minimum atomic E-state index is -3.92. The van der Waals surface area contributed by atoms with E-state index in [1.54, 1.807) is 52.1 Å². The van der Waals surface area contributed by atoms with Crippen molar-refractivity contribution in [1.82, 2.24) is 24.6 Å². The molecule has 3 N–H and O–H groups in total. The van der Waals surface area contributed by atoms with Gasteiger partial charge in [0.15, 0.2) is 0 Å². The second kappa shape index (κ2) is 14.0. The van der Waals surface area contributed by atoms with Gasteiger partial charge in [-0.3, -0.25) is 19.1 Å². The summed E-state index contributed by atoms with van der Waals surface area (Å²) >= 11 is 0. The fourth-order valence-corrected chi connectivity index (χ4v) is 8.96. The molecule has 2 aliphatic carbocycles. The Morgan fingerprint density at radius 1 is 1.06 bits per heavy atom. The van der Waals surface area contributed by atoms with Crippen molar-refractivity contribution in [2.24, 2.45) is 11.3 Å². The fraction of sp³-hybridized carbons (Fsp3) is 0.459. The molecule has 1 aromatic heterocycles. The van der Waals surface area contributed by atoms with Crippen LogP contribution in [0.2, 0.25) is 0 Å². The van der Waals surface area contributed by atoms with Crippen LogP contribution in [-0.4, -0.2) is 93.3 Å². The normalized spacial score (nSPS) is 23.6. The van der Waals surface area contributed by atoms with E-state index in [4.69, 9.17) is 14.5 Å². The van der Waals surface area contributed by atoms with Crippen molar-refractivity contribution in [2.45, 2.75) is 75.4 Å². The molecule has 284 valence electrons. The lowest BCUT2D eigenvalue weighted by Gasteiger charge is -2.35. The van der Waals surface area contributed by atoms with Crippen molar-refractivity contribution < 1.29 is 40.7 Å². The third-order valence-corrected chi connectivity index (χ3v) is 12.4. The molecule has 2 saturated carbocycles. The van der Waals surface area contributed by atoms with Gasteiger partial charge in [-0.15, -0.1) is 6.58 Å². The average molecular weight is 768 g/mol. The summed E-state index contributed by atoms with van der Waals surface area (Å²) in [4.78, 5) is 48.3. The predicted molar refractivity (Wildman–Crippen MR) is 199 cm³/mol. The Labute approximate surface area is 309 Å². The highest BCUT2D eigenvalue weighted by atomic mass is 32.2. The van der Waals surface area contributed by atoms with Crippen molar-refractivity contribution >= 4 is 48.7 Å². The molecule has 14 nitrogen and oxygen atoms in total. The van der Waals surface area contributed by atoms with Crippen LogP contribution in [0, 0.1) is 11.3 Å². The first-order valence-electron chi connectivity index (χ1n) is 17.3. The van der Waals surface area contributed by atoms with Crippen molar-refractivity contribution in [1.29, 1.82) is 0 Å². The van der Waals surface area contributed by atoms with E-state index in [1.165, 1.54) is 11.0 Å². The minimum absolute atomic E-state index is 0.0230. The number of carbonyl (C=O) groups excluding carboxylic acids is 3. The van der Waals surface area contributed by atoms with Gasteiger partial charge in [-0.05, 0) is 36.8 Å². The molecule has 3 aliphatic rings. The van der Waals surface area contributed by atoms with Crippen LogP contribution in [0.5, 0.6) is 11.5 Å². The molecule has 5 atom stereocenters. The number of aromatic nitrogens is 1. The first-order chi connectivity index (χ1) is 24.8. The Morgan fingerprint density at radius 3 is 2.34 bits per heavy atom. The second-order valence-electron chi connectivity index (χ2n) is 15.1. The van der Waals surface area contributed by atoms with Crippen LogP contribution in [0.25, 0.3) is 22.2 Å². The number of carbonyl (C=O) groups is 3. The second-order valence-corrected chi connectivity index (χ2v) is 18.8. The summed E-state index contributed by atoms with van der Waals surface area (Å²) in [5.74, 6) is -1.77. The molecular weight excluding hydrogens is 723 g/mol. The number of hydrogen-bond donors (Lipinski definition) is 3. The van der Waals surface area contributed by atoms with E-state index in [-0.39, 0.29) is 19.4 Å². The van der Waals surface area contributed by atoms with E-state index in [2.05, 4.69) is 21.3 Å². The smallest absolute Gasteiger partial charge is 0.259 e. The van der Waals surface area contributed by atoms with E-state index < -0.39 is 78.1 Å². The monoisotopic (exact) mass is 767 g/mol. The van der Waals surface area contributed by atoms with E-state index in [0.29, 0.717) is 40.9 Å². The number of benzene rings is 2. The quantitative estimate of drug-likeness (QED) is 0.218. The Kier molecular flexibility index (Phi) is 10.1. The lowest BCUT2D eigenvalue weighted by molar-refractivity contribution is -0.142. The number of amides is 3. The Morgan fingerprint density at radius 2 is 1.75 bits per heavy atom. The van der Waals surface area contributed by atoms with Crippen molar-refractivity contribution in [3.05, 3.63) is 67.3 Å². The lowest BCUT2D eigenvalue weighted by atomic mass is 9.86. The third-order valence-electron chi connectivity index (χ3n) is 9.88. The van der Waals surface area contributed by atoms with E-state index in [0.717, 1.165) is 11.8 Å². The number of fused-ring (bicyclic) bond motifs is 1. The van der Waals surface area contributed by atoms with Gasteiger partial charge in [-0.25, -0.2) is 26.5 Å². The maximum atomic E-state index is 14.4. The van der Waals surface area contributed by atoms with Gasteiger partial charge < -0.3 is 19.7 Å². The van der Waals surface area contributed by atoms with Gasteiger partial charge in [0.05, 0.1) is 36.4 Å². The highest BCUT2D eigenvalue weighted by Gasteiger charge is 2.62. The highest BCUT2D eigenvalue weighted by Crippen LogP contribution is 2.46. The van der Waals surface area contributed by atoms with Crippen LogP contribution in [-0.2, 0) is 34.4 Å². The molecule has 0 radical (unpaired) electrons. The third kappa shape index (κ3) is 8.19. The average Bonchev–Trinajstić information content (AvgIpc) is 4.03. The molecule has 0 spiro atoms. The number of nitrogens with one attached hydrogen (secondary N) is 3. The lowest BCUT2D eigenvalue weighted by Crippen LogP contribution is -2.60. The van der Waals surface area contributed by atoms with Gasteiger partial charge in [0, 0.05) is 35.4 Å². The largest absolute Gasteiger partial charge is 0.497 e. The van der Waals surface area contributed by atoms with Crippen LogP contribution >= 0.6 is 0 Å². The van der Waals surface area contributed by atoms with Gasteiger partial charge in [0.25, 0.3) is 5.91 Å². The standard InChI is InChI=1S/C37H45N5O9S2/c1-7-23-20-37(23,35(45)41-53(48,49)26-14-15-26)39-33(43)30-18-25(21-42(30)34(44)32(36(2,3)4)40-52(6,46)47)51-31-19-28(22-11-9-8-10-12-22)38-29-17-24(50-5)13-16-27(29)31/h7-13,16-17,19,23,25-26,30,32,40H,1,14-15,18,20-21H2,2-6H3,(H,39,43)(H,41,45)/t23-,25-,30+,32-,37-/m1/s1. The van der Waals surface area contributed by atoms with E-state index >= 15 is 0 Å². The van der Waals surface area contributed by atoms with Crippen molar-refractivity contribution in [3.8, 4) is 22.8 Å². The van der Waals surface area contributed by atoms with Crippen LogP contribution in [0.15, 0.2) is 67.3 Å². The first kappa shape index (κ1) is 38.2. The SMILES string of the molecule is C=C[C@@H]1C[C@]1(NC(=O)[C@@H]1C[C@@H](Oc2cc(-c3ccccc3)nc3cc(OC)ccc23)CN1C(=O)[C@@H](NS(C)(=O)=O)C(C)(C)C)C(=O)NS(=O)(=O)C1CC1. The highest BCUT2D eigenvalue weighted by molar-refractivity contribution is 7.91. The van der Waals surface area contributed by atoms with Crippen LogP contribution < -0.4 is 24.2 Å². The maximum Gasteiger partial charge on any atom is 0.259 e. The zero-order chi connectivity index (χ0) is 38.5. The van der Waals surface area contributed by atoms with Crippen LogP contribution in [0.3, 0.4) is 0 Å². The zero-order valence-electron chi connectivity index (χ0n) is 30.3. The molecule has 3 aromatic rings. The van der Waals surface area contributed by atoms with Gasteiger partial charge in [0.2, 0.25) is 31.9 Å². The van der Waals surface area contributed by atoms with Gasteiger partial charge in [-0.2, -0.15) is 0 Å². The van der Waals surface area contributed by atoms with Crippen molar-refractivity contribution in [2.75, 3.05) is 19.9 Å². The molecule has 53 heavy (non-hydrogen) atoms. The number of ether oxygens (including phenoxy) is 2. The number of rotatable bonds is 13. The summed E-state index contributed by atoms with van der Waals surface area (Å²) in [6.07, 6.45) is 2.64. The van der Waals surface area contributed by atoms with Crippen LogP contribution in [0.1, 0.15) is 46.5 Å². The number of nitrogens with zero attached hydrogens (tertiary/aromatic N) is 2. The number of pyridine rings is 1. The summed E-state index contributed by atoms with van der Waals surface area (Å²) in [5.41, 5.74) is -0.466. The molecule has 16 heteroatoms. The summed E-state index contributed by atoms with van der Waals surface area (Å²) in [5, 5.41) is 2.75. The van der Waals surface area contributed by atoms with E-state index in [9.17, 15) is 31.2 Å². The molecule has 1 saturated heterocycles. The van der Waals surface area contributed by atoms with E-state index in [1.807, 2.05) is 30.3 Å². The molecule has 2 heterocycles. The van der Waals surface area contributed by atoms with Crippen molar-refractivity contribution in [3.63, 3.8) is 0 Å². The zero-order valence-corrected chi connectivity index (χ0v) is 31.9. The summed E-state index contributed by atoms with van der Waals surface area (Å²) in [6, 6.07) is 14.1. The topological polar surface area (TPSA) is 190 Å². The molecule has 0 unspecified atom stereocenters. The molecule has 0 bridgehead atoms. The number of sulfonamides is 2. The van der Waals surface area contributed by atoms with Gasteiger partial charge >= 0.3 is 0 Å². The summed E-state index contributed by atoms with van der Waals surface area (Å²) in [6.45, 7) is 8.76. The molecule has 3 amide bonds. The Bertz CT molecular complexity index is 2170. The van der Waals surface area contributed by atoms with Gasteiger partial charge in [0.1, 0.15) is 35.2 Å². The minimum Gasteiger partial charge on any atom is -0.497 e. The predicted octanol–water partition coefficient (Wildman–Crippen LogP) is 2.89. The summed E-state index contributed by atoms with van der Waals surface area (Å²) < 4.78 is 66.9. The number of hydrogen-bond acceptors (Lipinski definition) is 10. The Balaban J connectivity index is 1.35. The molecule has 1 aliphatic heterocycles. The molecule has 2 aromatic carbocycles. The Hall–Kier alpha value is -4.54. The first-order valence-corrected chi connectivity index (χ1v) is 20.8. The van der Waals surface area contributed by atoms with Gasteiger partial charge in [-0.1, -0.05) is 57.2 Å². The number of likely N-dealkylation sites (tertiary alicyclic amines) is 1. The summed E-state index contributed by atoms with van der Waals surface area (Å²) in [7, 11) is -6.24. The fourth-order valence-electron chi connectivity index (χ4n) is 6.71. The molecule has 6 rings (SSSR count). The maximum absolute atomic E-state index is 14.4.